The molecular weight excluding hydrogens is 336 g/mol. The zero-order valence-electron chi connectivity index (χ0n) is 11.7. The van der Waals surface area contributed by atoms with Gasteiger partial charge in [0.25, 0.3) is 0 Å². The molecule has 21 heavy (non-hydrogen) atoms. The van der Waals surface area contributed by atoms with Crippen molar-refractivity contribution in [3.05, 3.63) is 34.5 Å². The molecule has 0 radical (unpaired) electrons. The highest BCUT2D eigenvalue weighted by Crippen LogP contribution is 2.34. The first-order valence-corrected chi connectivity index (χ1v) is 7.70. The fraction of sp³-hybridized carbons (Fsp3) is 0.400. The fourth-order valence-electron chi connectivity index (χ4n) is 2.76. The van der Waals surface area contributed by atoms with Crippen LogP contribution >= 0.6 is 15.9 Å². The van der Waals surface area contributed by atoms with Gasteiger partial charge < -0.3 is 14.8 Å². The molecule has 2 heterocycles. The minimum Gasteiger partial charge on any atom is -0.480 e. The van der Waals surface area contributed by atoms with Gasteiger partial charge in [-0.05, 0) is 31.2 Å². The van der Waals surface area contributed by atoms with Crippen molar-refractivity contribution in [1.82, 2.24) is 10.2 Å². The molecule has 0 amide bonds. The highest BCUT2D eigenvalue weighted by Gasteiger charge is 2.44. The average Bonchev–Trinajstić information content (AvgIpc) is 2.90. The molecule has 2 aromatic rings. The van der Waals surface area contributed by atoms with Crippen LogP contribution in [0.25, 0.3) is 11.0 Å². The molecule has 0 aliphatic carbocycles. The van der Waals surface area contributed by atoms with Gasteiger partial charge >= 0.3 is 5.97 Å². The molecule has 1 aromatic carbocycles. The Morgan fingerprint density at radius 3 is 2.76 bits per heavy atom. The summed E-state index contributed by atoms with van der Waals surface area (Å²) in [5.74, 6) is -0.410. The maximum absolute atomic E-state index is 11.9. The van der Waals surface area contributed by atoms with Gasteiger partial charge in [0, 0.05) is 36.0 Å². The minimum atomic E-state index is -1.15. The normalized spacial score (nSPS) is 19.5. The average molecular weight is 353 g/mol. The van der Waals surface area contributed by atoms with Crippen molar-refractivity contribution in [2.75, 3.05) is 26.2 Å². The highest BCUT2D eigenvalue weighted by atomic mass is 79.9. The number of hydrogen-bond donors (Lipinski definition) is 2. The lowest BCUT2D eigenvalue weighted by Crippen LogP contribution is -2.56. The Morgan fingerprint density at radius 2 is 2.10 bits per heavy atom. The first-order valence-electron chi connectivity index (χ1n) is 6.90. The van der Waals surface area contributed by atoms with Crippen molar-refractivity contribution < 1.29 is 14.3 Å². The summed E-state index contributed by atoms with van der Waals surface area (Å²) >= 11 is 3.42. The topological polar surface area (TPSA) is 65.7 Å². The molecule has 0 saturated carbocycles. The molecule has 1 unspecified atom stereocenters. The number of carboxylic acid groups (broad SMARTS) is 1. The molecule has 1 aliphatic rings. The van der Waals surface area contributed by atoms with Gasteiger partial charge in [0.15, 0.2) is 5.54 Å². The van der Waals surface area contributed by atoms with E-state index in [1.54, 1.807) is 6.92 Å². The summed E-state index contributed by atoms with van der Waals surface area (Å²) in [6.45, 7) is 4.66. The van der Waals surface area contributed by atoms with Crippen LogP contribution in [0.3, 0.4) is 0 Å². The van der Waals surface area contributed by atoms with Crippen molar-refractivity contribution in [3.63, 3.8) is 0 Å². The Hall–Kier alpha value is -1.37. The predicted molar refractivity (Wildman–Crippen MR) is 83.3 cm³/mol. The minimum absolute atomic E-state index is 0.477. The number of carbonyl (C=O) groups is 1. The Kier molecular flexibility index (Phi) is 3.77. The lowest BCUT2D eigenvalue weighted by atomic mass is 9.95. The van der Waals surface area contributed by atoms with Gasteiger partial charge in [0.2, 0.25) is 0 Å². The molecule has 1 aromatic heterocycles. The summed E-state index contributed by atoms with van der Waals surface area (Å²) in [6, 6.07) is 7.50. The number of carboxylic acids is 1. The second-order valence-corrected chi connectivity index (χ2v) is 6.32. The van der Waals surface area contributed by atoms with Gasteiger partial charge in [0.05, 0.1) is 0 Å². The van der Waals surface area contributed by atoms with E-state index >= 15 is 0 Å². The summed E-state index contributed by atoms with van der Waals surface area (Å²) < 4.78 is 6.78. The molecule has 1 atom stereocenters. The third-order valence-electron chi connectivity index (χ3n) is 4.12. The zero-order chi connectivity index (χ0) is 15.0. The van der Waals surface area contributed by atoms with Crippen molar-refractivity contribution >= 4 is 32.9 Å². The van der Waals surface area contributed by atoms with Crippen LogP contribution in [0.1, 0.15) is 12.7 Å². The van der Waals surface area contributed by atoms with Crippen LogP contribution in [0.2, 0.25) is 0 Å². The molecule has 1 fully saturated rings. The lowest BCUT2D eigenvalue weighted by Gasteiger charge is -2.38. The molecule has 1 aliphatic heterocycles. The van der Waals surface area contributed by atoms with Gasteiger partial charge in [-0.15, -0.1) is 0 Å². The van der Waals surface area contributed by atoms with Crippen LogP contribution in [-0.2, 0) is 10.3 Å². The number of piperazine rings is 1. The van der Waals surface area contributed by atoms with E-state index in [1.165, 1.54) is 0 Å². The maximum Gasteiger partial charge on any atom is 0.331 e. The van der Waals surface area contributed by atoms with E-state index in [0.29, 0.717) is 24.4 Å². The molecular formula is C15H17BrN2O3. The van der Waals surface area contributed by atoms with Gasteiger partial charge in [0.1, 0.15) is 11.3 Å². The standard InChI is InChI=1S/C15H17BrN2O3/c1-15(14(19)20,18-6-4-17-5-7-18)13-9-10-8-11(16)2-3-12(10)21-13/h2-3,8-9,17H,4-7H2,1H3,(H,19,20). The smallest absolute Gasteiger partial charge is 0.331 e. The van der Waals surface area contributed by atoms with Crippen molar-refractivity contribution in [1.29, 1.82) is 0 Å². The number of rotatable bonds is 3. The third-order valence-corrected chi connectivity index (χ3v) is 4.62. The van der Waals surface area contributed by atoms with Crippen molar-refractivity contribution in [3.8, 4) is 0 Å². The molecule has 3 rings (SSSR count). The fourth-order valence-corrected chi connectivity index (χ4v) is 3.14. The molecule has 112 valence electrons. The van der Waals surface area contributed by atoms with Crippen LogP contribution in [0.5, 0.6) is 0 Å². The predicted octanol–water partition coefficient (Wildman–Crippen LogP) is 2.40. The highest BCUT2D eigenvalue weighted by molar-refractivity contribution is 9.10. The monoisotopic (exact) mass is 352 g/mol. The summed E-state index contributed by atoms with van der Waals surface area (Å²) in [4.78, 5) is 13.9. The Balaban J connectivity index is 2.07. The molecule has 6 heteroatoms. The molecule has 0 bridgehead atoms. The van der Waals surface area contributed by atoms with Gasteiger partial charge in [-0.3, -0.25) is 4.90 Å². The second-order valence-electron chi connectivity index (χ2n) is 5.41. The van der Waals surface area contributed by atoms with Crippen molar-refractivity contribution in [2.45, 2.75) is 12.5 Å². The number of aliphatic carboxylic acids is 1. The molecule has 2 N–H and O–H groups in total. The van der Waals surface area contributed by atoms with Crippen LogP contribution in [0.15, 0.2) is 33.2 Å². The zero-order valence-corrected chi connectivity index (χ0v) is 13.3. The maximum atomic E-state index is 11.9. The van der Waals surface area contributed by atoms with Crippen LogP contribution in [0, 0.1) is 0 Å². The summed E-state index contributed by atoms with van der Waals surface area (Å²) in [5.41, 5.74) is -0.441. The molecule has 1 saturated heterocycles. The van der Waals surface area contributed by atoms with E-state index < -0.39 is 11.5 Å². The summed E-state index contributed by atoms with van der Waals surface area (Å²) in [6.07, 6.45) is 0. The number of furan rings is 1. The Bertz CT molecular complexity index is 679. The van der Waals surface area contributed by atoms with Crippen LogP contribution in [0.4, 0.5) is 0 Å². The number of benzene rings is 1. The summed E-state index contributed by atoms with van der Waals surface area (Å²) in [5, 5.41) is 13.9. The van der Waals surface area contributed by atoms with Gasteiger partial charge in [-0.2, -0.15) is 0 Å². The van der Waals surface area contributed by atoms with E-state index in [4.69, 9.17) is 4.42 Å². The first-order chi connectivity index (χ1) is 10.0. The van der Waals surface area contributed by atoms with Crippen LogP contribution in [-0.4, -0.2) is 42.2 Å². The number of nitrogens with one attached hydrogen (secondary N) is 1. The Morgan fingerprint density at radius 1 is 1.38 bits per heavy atom. The first kappa shape index (κ1) is 14.6. The third kappa shape index (κ3) is 2.47. The van der Waals surface area contributed by atoms with E-state index in [1.807, 2.05) is 29.2 Å². The van der Waals surface area contributed by atoms with Crippen molar-refractivity contribution in [2.24, 2.45) is 0 Å². The largest absolute Gasteiger partial charge is 0.480 e. The van der Waals surface area contributed by atoms with E-state index in [2.05, 4.69) is 21.2 Å². The van der Waals surface area contributed by atoms with E-state index in [-0.39, 0.29) is 0 Å². The van der Waals surface area contributed by atoms with E-state index in [9.17, 15) is 9.90 Å². The van der Waals surface area contributed by atoms with Crippen LogP contribution < -0.4 is 5.32 Å². The number of fused-ring (bicyclic) bond motifs is 1. The molecule has 0 spiro atoms. The Labute approximate surface area is 131 Å². The number of nitrogens with zero attached hydrogens (tertiary/aromatic N) is 1. The number of halogens is 1. The van der Waals surface area contributed by atoms with Gasteiger partial charge in [-0.1, -0.05) is 15.9 Å². The SMILES string of the molecule is CC(C(=O)O)(c1cc2cc(Br)ccc2o1)N1CCNCC1. The van der Waals surface area contributed by atoms with Gasteiger partial charge in [-0.25, -0.2) is 4.79 Å². The van der Waals surface area contributed by atoms with E-state index in [0.717, 1.165) is 22.9 Å². The molecule has 5 nitrogen and oxygen atoms in total. The lowest BCUT2D eigenvalue weighted by molar-refractivity contribution is -0.153. The second kappa shape index (κ2) is 5.44. The quantitative estimate of drug-likeness (QED) is 0.887. The summed E-state index contributed by atoms with van der Waals surface area (Å²) in [7, 11) is 0. The number of hydrogen-bond acceptors (Lipinski definition) is 4.